The standard InChI is InChI=1S/C28H32FN7O2S/c29-20-2-3-21-18(4-6-31-21)25(20)24-15-36(10-11-38-24)28-26-22(32-16-33-28)12-17(39-26)13-34-9-5-23(35-7-1-8-35)19(14-34)27(30)37/h2-4,6,12,16,19,23-24,31H,1,5,7-11,13-15H2,(H2,30,37)/t19-,23+,24?/m1/s1. The molecule has 1 unspecified atom stereocenters. The van der Waals surface area contributed by atoms with Crippen LogP contribution in [0.15, 0.2) is 36.8 Å². The van der Waals surface area contributed by atoms with Crippen LogP contribution in [0.5, 0.6) is 0 Å². The van der Waals surface area contributed by atoms with Gasteiger partial charge in [-0.3, -0.25) is 14.6 Å². The topological polar surface area (TPSA) is 104 Å². The molecular formula is C28H32FN7O2S. The number of hydrogen-bond acceptors (Lipinski definition) is 8. The van der Waals surface area contributed by atoms with E-state index in [1.807, 2.05) is 12.3 Å². The van der Waals surface area contributed by atoms with Gasteiger partial charge in [0.05, 0.1) is 29.3 Å². The molecular weight excluding hydrogens is 517 g/mol. The van der Waals surface area contributed by atoms with Crippen LogP contribution in [0.2, 0.25) is 0 Å². The van der Waals surface area contributed by atoms with Crippen molar-refractivity contribution in [2.45, 2.75) is 31.5 Å². The van der Waals surface area contributed by atoms with Gasteiger partial charge in [0, 0.05) is 59.8 Å². The number of aromatic amines is 1. The van der Waals surface area contributed by atoms with Crippen LogP contribution in [0, 0.1) is 11.7 Å². The van der Waals surface area contributed by atoms with E-state index in [1.165, 1.54) is 17.4 Å². The van der Waals surface area contributed by atoms with E-state index < -0.39 is 6.10 Å². The Morgan fingerprint density at radius 3 is 2.90 bits per heavy atom. The fourth-order valence-corrected chi connectivity index (χ4v) is 7.60. The van der Waals surface area contributed by atoms with Gasteiger partial charge in [0.15, 0.2) is 0 Å². The van der Waals surface area contributed by atoms with E-state index in [9.17, 15) is 9.18 Å². The zero-order chi connectivity index (χ0) is 26.5. The van der Waals surface area contributed by atoms with Crippen LogP contribution in [-0.2, 0) is 16.1 Å². The minimum Gasteiger partial charge on any atom is -0.370 e. The lowest BCUT2D eigenvalue weighted by atomic mass is 9.88. The van der Waals surface area contributed by atoms with Gasteiger partial charge in [0.1, 0.15) is 24.1 Å². The number of aromatic nitrogens is 3. The predicted molar refractivity (Wildman–Crippen MR) is 149 cm³/mol. The molecule has 3 aromatic heterocycles. The molecule has 204 valence electrons. The van der Waals surface area contributed by atoms with Crippen LogP contribution in [0.3, 0.4) is 0 Å². The number of H-pyrrole nitrogens is 1. The summed E-state index contributed by atoms with van der Waals surface area (Å²) < 4.78 is 22.1. The molecule has 3 aliphatic rings. The van der Waals surface area contributed by atoms with Gasteiger partial charge in [-0.15, -0.1) is 11.3 Å². The fourth-order valence-electron chi connectivity index (χ4n) is 6.43. The van der Waals surface area contributed by atoms with Gasteiger partial charge in [0.25, 0.3) is 0 Å². The Morgan fingerprint density at radius 1 is 1.18 bits per heavy atom. The highest BCUT2D eigenvalue weighted by Crippen LogP contribution is 2.37. The highest BCUT2D eigenvalue weighted by molar-refractivity contribution is 7.19. The minimum atomic E-state index is -0.402. The summed E-state index contributed by atoms with van der Waals surface area (Å²) in [5, 5.41) is 0.847. The number of fused-ring (bicyclic) bond motifs is 2. The Balaban J connectivity index is 1.11. The molecule has 3 aliphatic heterocycles. The van der Waals surface area contributed by atoms with Crippen molar-refractivity contribution in [1.82, 2.24) is 24.8 Å². The largest absolute Gasteiger partial charge is 0.370 e. The van der Waals surface area contributed by atoms with Crippen LogP contribution >= 0.6 is 11.3 Å². The van der Waals surface area contributed by atoms with E-state index in [4.69, 9.17) is 10.5 Å². The van der Waals surface area contributed by atoms with E-state index >= 15 is 0 Å². The molecule has 6 heterocycles. The lowest BCUT2D eigenvalue weighted by Crippen LogP contribution is -2.58. The SMILES string of the molecule is NC(=O)[C@@H]1CN(Cc2cc3ncnc(N4CCOC(c5c(F)ccc6[nH]ccc56)C4)c3s2)CC[C@@H]1N1CCC1. The Kier molecular flexibility index (Phi) is 6.46. The average Bonchev–Trinajstić information content (AvgIpc) is 3.55. The number of nitrogens with one attached hydrogen (secondary N) is 1. The molecule has 11 heteroatoms. The van der Waals surface area contributed by atoms with Crippen molar-refractivity contribution in [3.63, 3.8) is 0 Å². The summed E-state index contributed by atoms with van der Waals surface area (Å²) >= 11 is 1.69. The molecule has 0 aliphatic carbocycles. The summed E-state index contributed by atoms with van der Waals surface area (Å²) in [6.07, 6.45) is 5.20. The first-order valence-corrected chi connectivity index (χ1v) is 14.5. The van der Waals surface area contributed by atoms with Gasteiger partial charge >= 0.3 is 0 Å². The first-order chi connectivity index (χ1) is 19.0. The molecule has 3 N–H and O–H groups in total. The first-order valence-electron chi connectivity index (χ1n) is 13.7. The molecule has 7 rings (SSSR count). The molecule has 1 amide bonds. The number of amides is 1. The number of primary amides is 1. The predicted octanol–water partition coefficient (Wildman–Crippen LogP) is 3.27. The number of rotatable bonds is 6. The number of likely N-dealkylation sites (tertiary alicyclic amines) is 2. The number of nitrogens with zero attached hydrogens (tertiary/aromatic N) is 5. The van der Waals surface area contributed by atoms with Crippen molar-refractivity contribution >= 4 is 44.2 Å². The Labute approximate surface area is 229 Å². The summed E-state index contributed by atoms with van der Waals surface area (Å²) in [6, 6.07) is 7.56. The third-order valence-electron chi connectivity index (χ3n) is 8.52. The normalized spacial score (nSPS) is 24.8. The molecule has 0 saturated carbocycles. The molecule has 3 fully saturated rings. The van der Waals surface area contributed by atoms with E-state index in [0.717, 1.165) is 59.5 Å². The molecule has 3 atom stereocenters. The Morgan fingerprint density at radius 2 is 2.08 bits per heavy atom. The smallest absolute Gasteiger partial charge is 0.223 e. The second-order valence-corrected chi connectivity index (χ2v) is 12.0. The number of carbonyl (C=O) groups excluding carboxylic acids is 1. The second-order valence-electron chi connectivity index (χ2n) is 10.8. The van der Waals surface area contributed by atoms with Gasteiger partial charge in [-0.25, -0.2) is 14.4 Å². The number of morpholine rings is 1. The maximum atomic E-state index is 15.0. The van der Waals surface area contributed by atoms with E-state index in [2.05, 4.69) is 35.7 Å². The van der Waals surface area contributed by atoms with Crippen molar-refractivity contribution < 1.29 is 13.9 Å². The Bertz CT molecular complexity index is 1520. The maximum absolute atomic E-state index is 15.0. The molecule has 0 bridgehead atoms. The molecule has 0 radical (unpaired) electrons. The monoisotopic (exact) mass is 549 g/mol. The van der Waals surface area contributed by atoms with E-state index in [-0.39, 0.29) is 23.7 Å². The van der Waals surface area contributed by atoms with Gasteiger partial charge < -0.3 is 20.4 Å². The van der Waals surface area contributed by atoms with Crippen LogP contribution in [0.1, 0.15) is 29.4 Å². The maximum Gasteiger partial charge on any atom is 0.223 e. The van der Waals surface area contributed by atoms with E-state index in [1.54, 1.807) is 23.7 Å². The average molecular weight is 550 g/mol. The van der Waals surface area contributed by atoms with Crippen molar-refractivity contribution in [3.05, 3.63) is 53.0 Å². The van der Waals surface area contributed by atoms with Crippen LogP contribution in [0.25, 0.3) is 21.1 Å². The molecule has 3 saturated heterocycles. The summed E-state index contributed by atoms with van der Waals surface area (Å²) in [6.45, 7) is 6.18. The molecule has 9 nitrogen and oxygen atoms in total. The number of carbonyl (C=O) groups is 1. The van der Waals surface area contributed by atoms with Gasteiger partial charge in [-0.1, -0.05) is 0 Å². The van der Waals surface area contributed by atoms with Crippen LogP contribution in [0.4, 0.5) is 10.2 Å². The third-order valence-corrected chi connectivity index (χ3v) is 9.62. The lowest BCUT2D eigenvalue weighted by molar-refractivity contribution is -0.127. The first kappa shape index (κ1) is 24.9. The van der Waals surface area contributed by atoms with Crippen LogP contribution < -0.4 is 10.6 Å². The van der Waals surface area contributed by atoms with Crippen molar-refractivity contribution in [3.8, 4) is 0 Å². The summed E-state index contributed by atoms with van der Waals surface area (Å²) in [7, 11) is 0. The van der Waals surface area contributed by atoms with Gasteiger partial charge in [0.2, 0.25) is 5.91 Å². The van der Waals surface area contributed by atoms with Gasteiger partial charge in [-0.2, -0.15) is 0 Å². The number of hydrogen-bond donors (Lipinski definition) is 2. The number of ether oxygens (including phenoxy) is 1. The van der Waals surface area contributed by atoms with E-state index in [0.29, 0.717) is 31.8 Å². The Hall–Kier alpha value is -3.12. The molecule has 0 spiro atoms. The number of benzene rings is 1. The highest BCUT2D eigenvalue weighted by Gasteiger charge is 2.38. The lowest BCUT2D eigenvalue weighted by Gasteiger charge is -2.46. The van der Waals surface area contributed by atoms with Crippen molar-refractivity contribution in [2.24, 2.45) is 11.7 Å². The number of anilines is 1. The number of halogens is 1. The molecule has 1 aromatic carbocycles. The summed E-state index contributed by atoms with van der Waals surface area (Å²) in [4.78, 5) is 32.8. The van der Waals surface area contributed by atoms with Gasteiger partial charge in [-0.05, 0) is 50.2 Å². The molecule has 4 aromatic rings. The fraction of sp³-hybridized carbons (Fsp3) is 0.464. The van der Waals surface area contributed by atoms with Crippen molar-refractivity contribution in [2.75, 3.05) is 50.8 Å². The zero-order valence-corrected chi connectivity index (χ0v) is 22.5. The number of piperidine rings is 1. The highest BCUT2D eigenvalue weighted by atomic mass is 32.1. The number of nitrogens with two attached hydrogens (primary N) is 1. The van der Waals surface area contributed by atoms with Crippen molar-refractivity contribution in [1.29, 1.82) is 0 Å². The quantitative estimate of drug-likeness (QED) is 0.381. The second kappa shape index (κ2) is 10.1. The summed E-state index contributed by atoms with van der Waals surface area (Å²) in [5.41, 5.74) is 8.22. The minimum absolute atomic E-state index is 0.140. The summed E-state index contributed by atoms with van der Waals surface area (Å²) in [5.74, 6) is 0.263. The van der Waals surface area contributed by atoms with Crippen LogP contribution in [-0.4, -0.2) is 82.6 Å². The number of thiophene rings is 1. The molecule has 39 heavy (non-hydrogen) atoms. The zero-order valence-electron chi connectivity index (χ0n) is 21.7. The third kappa shape index (κ3) is 4.57.